The fraction of sp³-hybridized carbons (Fsp3) is 0.562. The van der Waals surface area contributed by atoms with Gasteiger partial charge in [0.1, 0.15) is 5.75 Å². The Hall–Kier alpha value is -1.75. The van der Waals surface area contributed by atoms with Crippen LogP contribution in [0.2, 0.25) is 0 Å². The van der Waals surface area contributed by atoms with Gasteiger partial charge in [-0.05, 0) is 44.0 Å². The van der Waals surface area contributed by atoms with Crippen LogP contribution in [0.25, 0.3) is 0 Å². The summed E-state index contributed by atoms with van der Waals surface area (Å²) in [5.74, 6) is 1.34. The first-order valence-corrected chi connectivity index (χ1v) is 7.24. The van der Waals surface area contributed by atoms with Gasteiger partial charge in [0.15, 0.2) is 5.84 Å². The third-order valence-electron chi connectivity index (χ3n) is 3.64. The molecule has 3 N–H and O–H groups in total. The lowest BCUT2D eigenvalue weighted by atomic mass is 10.0. The molecule has 0 fully saturated rings. The van der Waals surface area contributed by atoms with E-state index in [9.17, 15) is 0 Å². The summed E-state index contributed by atoms with van der Waals surface area (Å²) >= 11 is 0. The highest BCUT2D eigenvalue weighted by Crippen LogP contribution is 2.21. The molecule has 5 nitrogen and oxygen atoms in total. The lowest BCUT2D eigenvalue weighted by molar-refractivity contribution is 0.220. The van der Waals surface area contributed by atoms with Crippen molar-refractivity contribution in [1.82, 2.24) is 4.90 Å². The van der Waals surface area contributed by atoms with Crippen LogP contribution >= 0.6 is 0 Å². The number of ether oxygens (including phenoxy) is 1. The van der Waals surface area contributed by atoms with E-state index in [1.165, 1.54) is 0 Å². The molecular formula is C16H27N3O2. The van der Waals surface area contributed by atoms with E-state index in [1.54, 1.807) is 7.11 Å². The van der Waals surface area contributed by atoms with E-state index in [4.69, 9.17) is 15.7 Å². The van der Waals surface area contributed by atoms with Gasteiger partial charge >= 0.3 is 0 Å². The first-order chi connectivity index (χ1) is 9.88. The van der Waals surface area contributed by atoms with Gasteiger partial charge in [0.05, 0.1) is 12.7 Å². The normalized spacial score (nSPS) is 13.8. The maximum atomic E-state index is 8.87. The number of nitrogens with two attached hydrogens (primary N) is 1. The third kappa shape index (κ3) is 4.93. The Kier molecular flexibility index (Phi) is 6.49. The summed E-state index contributed by atoms with van der Waals surface area (Å²) in [6.45, 7) is 7.50. The largest absolute Gasteiger partial charge is 0.496 e. The molecule has 5 heteroatoms. The molecule has 0 amide bonds. The van der Waals surface area contributed by atoms with Gasteiger partial charge in [-0.15, -0.1) is 0 Å². The number of amidine groups is 1. The van der Waals surface area contributed by atoms with E-state index in [-0.39, 0.29) is 5.84 Å². The number of nitrogens with zero attached hydrogens (tertiary/aromatic N) is 2. The van der Waals surface area contributed by atoms with Crippen molar-refractivity contribution in [1.29, 1.82) is 0 Å². The van der Waals surface area contributed by atoms with E-state index < -0.39 is 0 Å². The molecule has 0 aliphatic carbocycles. The SMILES string of the molecule is COc1ccc(CN(C)C(C)CC(C)C)cc1C(N)=NO. The van der Waals surface area contributed by atoms with Gasteiger partial charge in [-0.25, -0.2) is 0 Å². The summed E-state index contributed by atoms with van der Waals surface area (Å²) < 4.78 is 5.24. The average Bonchev–Trinajstić information content (AvgIpc) is 2.45. The highest BCUT2D eigenvalue weighted by atomic mass is 16.5. The summed E-state index contributed by atoms with van der Waals surface area (Å²) in [4.78, 5) is 2.30. The maximum absolute atomic E-state index is 8.87. The average molecular weight is 293 g/mol. The van der Waals surface area contributed by atoms with Crippen LogP contribution in [-0.4, -0.2) is 36.1 Å². The van der Waals surface area contributed by atoms with E-state index in [0.29, 0.717) is 23.3 Å². The van der Waals surface area contributed by atoms with Crippen LogP contribution in [0.1, 0.15) is 38.3 Å². The topological polar surface area (TPSA) is 71.1 Å². The smallest absolute Gasteiger partial charge is 0.173 e. The number of rotatable bonds is 7. The molecule has 0 saturated carbocycles. The zero-order chi connectivity index (χ0) is 16.0. The van der Waals surface area contributed by atoms with E-state index in [1.807, 2.05) is 18.2 Å². The van der Waals surface area contributed by atoms with Gasteiger partial charge < -0.3 is 15.7 Å². The summed E-state index contributed by atoms with van der Waals surface area (Å²) in [5.41, 5.74) is 7.42. The van der Waals surface area contributed by atoms with Crippen molar-refractivity contribution < 1.29 is 9.94 Å². The van der Waals surface area contributed by atoms with Crippen LogP contribution in [0, 0.1) is 5.92 Å². The molecule has 0 saturated heterocycles. The molecule has 1 aromatic rings. The minimum atomic E-state index is 0.0616. The Bertz CT molecular complexity index is 486. The third-order valence-corrected chi connectivity index (χ3v) is 3.64. The molecular weight excluding hydrogens is 266 g/mol. The maximum Gasteiger partial charge on any atom is 0.173 e. The van der Waals surface area contributed by atoms with Crippen LogP contribution in [0.3, 0.4) is 0 Å². The molecule has 0 bridgehead atoms. The Morgan fingerprint density at radius 2 is 2.05 bits per heavy atom. The molecule has 1 rings (SSSR count). The summed E-state index contributed by atoms with van der Waals surface area (Å²) in [5, 5.41) is 11.9. The van der Waals surface area contributed by atoms with Crippen molar-refractivity contribution in [3.8, 4) is 5.75 Å². The molecule has 0 radical (unpaired) electrons. The van der Waals surface area contributed by atoms with Crippen LogP contribution in [0.5, 0.6) is 5.75 Å². The molecule has 1 atom stereocenters. The fourth-order valence-corrected chi connectivity index (χ4v) is 2.41. The number of hydrogen-bond acceptors (Lipinski definition) is 4. The fourth-order valence-electron chi connectivity index (χ4n) is 2.41. The lowest BCUT2D eigenvalue weighted by Gasteiger charge is -2.26. The van der Waals surface area contributed by atoms with Crippen LogP contribution in [0.15, 0.2) is 23.4 Å². The van der Waals surface area contributed by atoms with Gasteiger partial charge in [0.25, 0.3) is 0 Å². The summed E-state index contributed by atoms with van der Waals surface area (Å²) in [6.07, 6.45) is 1.15. The molecule has 0 aliphatic heterocycles. The van der Waals surface area contributed by atoms with Gasteiger partial charge in [-0.3, -0.25) is 4.90 Å². The first kappa shape index (κ1) is 17.3. The number of oxime groups is 1. The second-order valence-electron chi connectivity index (χ2n) is 5.91. The number of methoxy groups -OCH3 is 1. The van der Waals surface area contributed by atoms with Crippen molar-refractivity contribution in [2.75, 3.05) is 14.2 Å². The molecule has 118 valence electrons. The molecule has 0 aromatic heterocycles. The summed E-state index contributed by atoms with van der Waals surface area (Å²) in [7, 11) is 3.68. The van der Waals surface area contributed by atoms with Crippen LogP contribution < -0.4 is 10.5 Å². The summed E-state index contributed by atoms with van der Waals surface area (Å²) in [6, 6.07) is 6.27. The van der Waals surface area contributed by atoms with Crippen LogP contribution in [0.4, 0.5) is 0 Å². The number of hydrogen-bond donors (Lipinski definition) is 2. The Morgan fingerprint density at radius 1 is 1.38 bits per heavy atom. The molecule has 1 aromatic carbocycles. The number of benzene rings is 1. The van der Waals surface area contributed by atoms with Crippen molar-refractivity contribution in [2.24, 2.45) is 16.8 Å². The van der Waals surface area contributed by atoms with Crippen molar-refractivity contribution in [2.45, 2.75) is 39.8 Å². The lowest BCUT2D eigenvalue weighted by Crippen LogP contribution is -2.29. The van der Waals surface area contributed by atoms with Crippen molar-refractivity contribution in [3.63, 3.8) is 0 Å². The Balaban J connectivity index is 2.89. The van der Waals surface area contributed by atoms with Gasteiger partial charge in [0.2, 0.25) is 0 Å². The minimum absolute atomic E-state index is 0.0616. The molecule has 0 spiro atoms. The minimum Gasteiger partial charge on any atom is -0.496 e. The molecule has 1 unspecified atom stereocenters. The zero-order valence-electron chi connectivity index (χ0n) is 13.6. The first-order valence-electron chi connectivity index (χ1n) is 7.24. The van der Waals surface area contributed by atoms with E-state index >= 15 is 0 Å². The Morgan fingerprint density at radius 3 is 2.57 bits per heavy atom. The van der Waals surface area contributed by atoms with Crippen molar-refractivity contribution >= 4 is 5.84 Å². The van der Waals surface area contributed by atoms with Crippen molar-refractivity contribution in [3.05, 3.63) is 29.3 Å². The highest BCUT2D eigenvalue weighted by molar-refractivity contribution is 5.99. The van der Waals surface area contributed by atoms with E-state index in [2.05, 4.69) is 37.9 Å². The predicted molar refractivity (Wildman–Crippen MR) is 85.9 cm³/mol. The molecule has 0 heterocycles. The monoisotopic (exact) mass is 293 g/mol. The zero-order valence-corrected chi connectivity index (χ0v) is 13.6. The van der Waals surface area contributed by atoms with E-state index in [0.717, 1.165) is 18.5 Å². The second-order valence-corrected chi connectivity index (χ2v) is 5.91. The molecule has 21 heavy (non-hydrogen) atoms. The standard InChI is InChI=1S/C16H27N3O2/c1-11(2)8-12(3)19(4)10-13-6-7-15(21-5)14(9-13)16(17)18-20/h6-7,9,11-12,20H,8,10H2,1-5H3,(H2,17,18). The van der Waals surface area contributed by atoms with Gasteiger partial charge in [-0.2, -0.15) is 0 Å². The van der Waals surface area contributed by atoms with Gasteiger partial charge in [-0.1, -0.05) is 25.1 Å². The quantitative estimate of drug-likeness (QED) is 0.351. The van der Waals surface area contributed by atoms with Gasteiger partial charge in [0, 0.05) is 12.6 Å². The predicted octanol–water partition coefficient (Wildman–Crippen LogP) is 2.66. The Labute approximate surface area is 127 Å². The second kappa shape index (κ2) is 7.88. The molecule has 0 aliphatic rings. The highest BCUT2D eigenvalue weighted by Gasteiger charge is 2.14. The van der Waals surface area contributed by atoms with Crippen LogP contribution in [-0.2, 0) is 6.54 Å².